The SMILES string of the molecule is NS(=O)(=O)Cc1ccc(S(=O)(=O)N(Cc2ccccc2)c2ncc(C(F)(F)F)cc2Cl)cc1. The van der Waals surface area contributed by atoms with Crippen molar-refractivity contribution in [2.24, 2.45) is 5.14 Å². The van der Waals surface area contributed by atoms with Crippen LogP contribution in [0.3, 0.4) is 0 Å². The lowest BCUT2D eigenvalue weighted by atomic mass is 10.2. The molecule has 0 atom stereocenters. The van der Waals surface area contributed by atoms with Crippen LogP contribution in [0.4, 0.5) is 19.0 Å². The first-order valence-corrected chi connectivity index (χ1v) is 12.7. The molecule has 3 aromatic rings. The second-order valence-corrected chi connectivity index (χ2v) is 10.9. The number of nitrogens with two attached hydrogens (primary N) is 1. The second kappa shape index (κ2) is 9.29. The van der Waals surface area contributed by atoms with Crippen LogP contribution in [0.25, 0.3) is 0 Å². The molecule has 0 spiro atoms. The van der Waals surface area contributed by atoms with E-state index in [9.17, 15) is 30.0 Å². The fourth-order valence-corrected chi connectivity index (χ4v) is 5.31. The van der Waals surface area contributed by atoms with Gasteiger partial charge in [-0.15, -0.1) is 0 Å². The van der Waals surface area contributed by atoms with E-state index >= 15 is 0 Å². The van der Waals surface area contributed by atoms with Gasteiger partial charge in [0.05, 0.1) is 27.8 Å². The molecule has 0 amide bonds. The Morgan fingerprint density at radius 1 is 0.939 bits per heavy atom. The largest absolute Gasteiger partial charge is 0.417 e. The minimum absolute atomic E-state index is 0.241. The normalized spacial score (nSPS) is 12.5. The number of nitrogens with zero attached hydrogens (tertiary/aromatic N) is 2. The Kier molecular flexibility index (Phi) is 7.03. The first kappa shape index (κ1) is 25.0. The molecule has 0 saturated heterocycles. The van der Waals surface area contributed by atoms with Gasteiger partial charge in [-0.3, -0.25) is 0 Å². The zero-order valence-electron chi connectivity index (χ0n) is 16.7. The highest BCUT2D eigenvalue weighted by atomic mass is 35.5. The molecule has 0 saturated carbocycles. The van der Waals surface area contributed by atoms with Gasteiger partial charge in [0.1, 0.15) is 0 Å². The number of anilines is 1. The quantitative estimate of drug-likeness (QED) is 0.508. The molecule has 1 aromatic heterocycles. The number of halogens is 4. The first-order chi connectivity index (χ1) is 15.3. The molecule has 3 rings (SSSR count). The molecule has 33 heavy (non-hydrogen) atoms. The molecule has 2 aromatic carbocycles. The minimum Gasteiger partial charge on any atom is -0.244 e. The van der Waals surface area contributed by atoms with E-state index in [0.29, 0.717) is 17.8 Å². The van der Waals surface area contributed by atoms with E-state index in [0.717, 1.165) is 4.31 Å². The summed E-state index contributed by atoms with van der Waals surface area (Å²) in [5, 5.41) is 4.50. The number of sulfonamides is 2. The number of hydrogen-bond donors (Lipinski definition) is 1. The van der Waals surface area contributed by atoms with Gasteiger partial charge in [0, 0.05) is 6.20 Å². The van der Waals surface area contributed by atoms with Crippen LogP contribution in [0.15, 0.2) is 71.8 Å². The summed E-state index contributed by atoms with van der Waals surface area (Å²) in [6.45, 7) is -0.264. The molecule has 7 nitrogen and oxygen atoms in total. The maximum Gasteiger partial charge on any atom is 0.417 e. The molecule has 1 heterocycles. The Hall–Kier alpha value is -2.67. The van der Waals surface area contributed by atoms with E-state index in [1.165, 1.54) is 24.3 Å². The van der Waals surface area contributed by atoms with Crippen molar-refractivity contribution >= 4 is 37.5 Å². The molecule has 0 fully saturated rings. The molecule has 0 unspecified atom stereocenters. The van der Waals surface area contributed by atoms with Crippen molar-refractivity contribution in [3.63, 3.8) is 0 Å². The lowest BCUT2D eigenvalue weighted by Crippen LogP contribution is -2.31. The summed E-state index contributed by atoms with van der Waals surface area (Å²) in [6, 6.07) is 13.8. The number of alkyl halides is 3. The van der Waals surface area contributed by atoms with E-state index in [-0.39, 0.29) is 22.8 Å². The van der Waals surface area contributed by atoms with Crippen molar-refractivity contribution in [2.75, 3.05) is 4.31 Å². The summed E-state index contributed by atoms with van der Waals surface area (Å²) in [5.41, 5.74) is -0.331. The summed E-state index contributed by atoms with van der Waals surface area (Å²) in [6.07, 6.45) is -4.21. The third-order valence-corrected chi connectivity index (χ3v) is 7.20. The zero-order valence-corrected chi connectivity index (χ0v) is 19.1. The number of benzene rings is 2. The van der Waals surface area contributed by atoms with Gasteiger partial charge in [-0.25, -0.2) is 31.3 Å². The molecular weight excluding hydrogens is 503 g/mol. The summed E-state index contributed by atoms with van der Waals surface area (Å²) in [5.74, 6) is -0.880. The van der Waals surface area contributed by atoms with Crippen LogP contribution in [-0.2, 0) is 38.5 Å². The Morgan fingerprint density at radius 3 is 2.06 bits per heavy atom. The number of hydrogen-bond acceptors (Lipinski definition) is 5. The van der Waals surface area contributed by atoms with Crippen LogP contribution >= 0.6 is 11.6 Å². The fraction of sp³-hybridized carbons (Fsp3) is 0.150. The van der Waals surface area contributed by atoms with E-state index < -0.39 is 42.6 Å². The number of rotatable bonds is 7. The zero-order chi connectivity index (χ0) is 24.4. The molecule has 0 aliphatic rings. The fourth-order valence-electron chi connectivity index (χ4n) is 2.91. The smallest absolute Gasteiger partial charge is 0.244 e. The minimum atomic E-state index is -4.71. The van der Waals surface area contributed by atoms with Gasteiger partial charge in [-0.1, -0.05) is 54.1 Å². The predicted molar refractivity (Wildman–Crippen MR) is 117 cm³/mol. The van der Waals surface area contributed by atoms with E-state index in [2.05, 4.69) is 4.98 Å². The topological polar surface area (TPSA) is 110 Å². The highest BCUT2D eigenvalue weighted by Gasteiger charge is 2.34. The summed E-state index contributed by atoms with van der Waals surface area (Å²) >= 11 is 6.04. The number of aromatic nitrogens is 1. The lowest BCUT2D eigenvalue weighted by molar-refractivity contribution is -0.137. The van der Waals surface area contributed by atoms with Crippen molar-refractivity contribution in [1.82, 2.24) is 4.98 Å². The van der Waals surface area contributed by atoms with Gasteiger partial charge in [-0.2, -0.15) is 13.2 Å². The van der Waals surface area contributed by atoms with Crippen molar-refractivity contribution < 1.29 is 30.0 Å². The Bertz CT molecular complexity index is 1350. The summed E-state index contributed by atoms with van der Waals surface area (Å²) in [4.78, 5) is 3.46. The van der Waals surface area contributed by atoms with Gasteiger partial charge >= 0.3 is 6.18 Å². The van der Waals surface area contributed by atoms with Crippen LogP contribution in [0.1, 0.15) is 16.7 Å². The molecule has 176 valence electrons. The predicted octanol–water partition coefficient (Wildman–Crippen LogP) is 3.94. The van der Waals surface area contributed by atoms with Crippen molar-refractivity contribution in [2.45, 2.75) is 23.4 Å². The van der Waals surface area contributed by atoms with Crippen LogP contribution < -0.4 is 9.44 Å². The van der Waals surface area contributed by atoms with Crippen LogP contribution in [0, 0.1) is 0 Å². The first-order valence-electron chi connectivity index (χ1n) is 9.16. The maximum absolute atomic E-state index is 13.4. The molecule has 0 aliphatic heterocycles. The Morgan fingerprint density at radius 2 is 1.55 bits per heavy atom. The summed E-state index contributed by atoms with van der Waals surface area (Å²) < 4.78 is 89.2. The van der Waals surface area contributed by atoms with Gasteiger partial charge in [0.2, 0.25) is 10.0 Å². The third-order valence-electron chi connectivity index (χ3n) is 4.43. The molecule has 0 radical (unpaired) electrons. The monoisotopic (exact) mass is 519 g/mol. The maximum atomic E-state index is 13.4. The van der Waals surface area contributed by atoms with Crippen LogP contribution in [-0.4, -0.2) is 21.8 Å². The van der Waals surface area contributed by atoms with Gasteiger partial charge in [0.15, 0.2) is 5.82 Å². The van der Waals surface area contributed by atoms with Gasteiger partial charge < -0.3 is 0 Å². The second-order valence-electron chi connectivity index (χ2n) is 6.98. The van der Waals surface area contributed by atoms with Crippen molar-refractivity contribution in [1.29, 1.82) is 0 Å². The summed E-state index contributed by atoms with van der Waals surface area (Å²) in [7, 11) is -8.19. The Labute approximate surface area is 193 Å². The highest BCUT2D eigenvalue weighted by molar-refractivity contribution is 7.92. The third kappa shape index (κ3) is 6.22. The molecular formula is C20H17ClF3N3O4S2. The van der Waals surface area contributed by atoms with Crippen molar-refractivity contribution in [3.8, 4) is 0 Å². The van der Waals surface area contributed by atoms with Crippen molar-refractivity contribution in [3.05, 3.63) is 88.6 Å². The molecule has 2 N–H and O–H groups in total. The molecule has 0 bridgehead atoms. The Balaban J connectivity index is 2.07. The van der Waals surface area contributed by atoms with Crippen LogP contribution in [0.2, 0.25) is 5.02 Å². The average molecular weight is 520 g/mol. The highest BCUT2D eigenvalue weighted by Crippen LogP contribution is 2.35. The standard InChI is InChI=1S/C20H17ClF3N3O4S2/c21-18-10-16(20(22,23)24)11-26-19(18)27(12-14-4-2-1-3-5-14)33(30,31)17-8-6-15(7-9-17)13-32(25,28)29/h1-11H,12-13H2,(H2,25,28,29). The van der Waals surface area contributed by atoms with Gasteiger partial charge in [-0.05, 0) is 29.3 Å². The average Bonchev–Trinajstić information content (AvgIpc) is 2.71. The molecule has 0 aliphatic carbocycles. The van der Waals surface area contributed by atoms with E-state index in [1.54, 1.807) is 30.3 Å². The van der Waals surface area contributed by atoms with Crippen LogP contribution in [0.5, 0.6) is 0 Å². The van der Waals surface area contributed by atoms with Gasteiger partial charge in [0.25, 0.3) is 10.0 Å². The van der Waals surface area contributed by atoms with E-state index in [1.807, 2.05) is 0 Å². The lowest BCUT2D eigenvalue weighted by Gasteiger charge is -2.25. The molecule has 13 heteroatoms. The van der Waals surface area contributed by atoms with E-state index in [4.69, 9.17) is 16.7 Å². The number of pyridine rings is 1. The number of primary sulfonamides is 1.